The highest BCUT2D eigenvalue weighted by Gasteiger charge is 2.49. The Kier molecular flexibility index (Phi) is 3.00. The normalized spacial score (nSPS) is 23.5. The first-order valence-electron chi connectivity index (χ1n) is 6.62. The van der Waals surface area contributed by atoms with Gasteiger partial charge in [-0.1, -0.05) is 44.2 Å². The van der Waals surface area contributed by atoms with Gasteiger partial charge in [-0.15, -0.1) is 0 Å². The van der Waals surface area contributed by atoms with Crippen LogP contribution in [0.4, 0.5) is 0 Å². The van der Waals surface area contributed by atoms with Gasteiger partial charge in [0.05, 0.1) is 6.04 Å². The molecule has 0 saturated carbocycles. The lowest BCUT2D eigenvalue weighted by Crippen LogP contribution is -2.45. The number of hydrogen-bond acceptors (Lipinski definition) is 1. The Labute approximate surface area is 110 Å². The number of rotatable bonds is 1. The summed E-state index contributed by atoms with van der Waals surface area (Å²) in [6.45, 7) is 10.4. The van der Waals surface area contributed by atoms with E-state index in [2.05, 4.69) is 51.7 Å². The molecule has 2 heteroatoms. The Balaban J connectivity index is 2.44. The van der Waals surface area contributed by atoms with Gasteiger partial charge in [0, 0.05) is 11.0 Å². The van der Waals surface area contributed by atoms with Gasteiger partial charge in [0.15, 0.2) is 0 Å². The molecule has 0 bridgehead atoms. The molecule has 1 aromatic rings. The topological polar surface area (TPSA) is 20.3 Å². The fourth-order valence-corrected chi connectivity index (χ4v) is 2.84. The van der Waals surface area contributed by atoms with Crippen molar-refractivity contribution in [3.05, 3.63) is 35.9 Å². The number of amides is 1. The molecule has 0 radical (unpaired) electrons. The van der Waals surface area contributed by atoms with Gasteiger partial charge >= 0.3 is 0 Å². The fourth-order valence-electron chi connectivity index (χ4n) is 2.84. The summed E-state index contributed by atoms with van der Waals surface area (Å²) >= 11 is 0. The highest BCUT2D eigenvalue weighted by Crippen LogP contribution is 2.46. The Hall–Kier alpha value is -1.31. The molecule has 2 rings (SSSR count). The minimum atomic E-state index is -0.256. The van der Waals surface area contributed by atoms with Crippen LogP contribution < -0.4 is 0 Å². The zero-order valence-corrected chi connectivity index (χ0v) is 12.0. The van der Waals surface area contributed by atoms with Crippen LogP contribution in [0.15, 0.2) is 30.3 Å². The van der Waals surface area contributed by atoms with Gasteiger partial charge in [-0.3, -0.25) is 4.79 Å². The minimum Gasteiger partial charge on any atom is -0.330 e. The van der Waals surface area contributed by atoms with Crippen molar-refractivity contribution in [3.8, 4) is 0 Å². The molecule has 1 unspecified atom stereocenters. The summed E-state index contributed by atoms with van der Waals surface area (Å²) in [6, 6.07) is 10.6. The molecule has 1 amide bonds. The average Bonchev–Trinajstić information content (AvgIpc) is 2.51. The average molecular weight is 245 g/mol. The van der Waals surface area contributed by atoms with E-state index in [0.29, 0.717) is 0 Å². The molecule has 18 heavy (non-hydrogen) atoms. The number of likely N-dealkylation sites (tertiary alicyclic amines) is 1. The summed E-state index contributed by atoms with van der Waals surface area (Å²) in [4.78, 5) is 14.6. The van der Waals surface area contributed by atoms with Crippen molar-refractivity contribution in [2.24, 2.45) is 5.41 Å². The van der Waals surface area contributed by atoms with Crippen LogP contribution in [0.1, 0.15) is 52.6 Å². The van der Waals surface area contributed by atoms with Crippen molar-refractivity contribution >= 4 is 5.91 Å². The smallest absolute Gasteiger partial charge is 0.229 e. The first-order chi connectivity index (χ1) is 8.23. The number of hydrogen-bond donors (Lipinski definition) is 0. The molecule has 1 heterocycles. The van der Waals surface area contributed by atoms with E-state index in [4.69, 9.17) is 0 Å². The Morgan fingerprint density at radius 1 is 1.17 bits per heavy atom. The second-order valence-corrected chi connectivity index (χ2v) is 6.86. The second kappa shape index (κ2) is 4.11. The number of carbonyl (C=O) groups excluding carboxylic acids is 1. The molecule has 0 aromatic heterocycles. The predicted octanol–water partition coefficient (Wildman–Crippen LogP) is 3.78. The van der Waals surface area contributed by atoms with Gasteiger partial charge in [-0.05, 0) is 32.8 Å². The Bertz CT molecular complexity index is 442. The fraction of sp³-hybridized carbons (Fsp3) is 0.562. The molecule has 0 spiro atoms. The van der Waals surface area contributed by atoms with Crippen LogP contribution >= 0.6 is 0 Å². The van der Waals surface area contributed by atoms with Crippen LogP contribution in [0, 0.1) is 5.41 Å². The van der Waals surface area contributed by atoms with E-state index >= 15 is 0 Å². The second-order valence-electron chi connectivity index (χ2n) is 6.86. The number of benzene rings is 1. The van der Waals surface area contributed by atoms with Crippen molar-refractivity contribution in [2.75, 3.05) is 0 Å². The SMILES string of the molecule is CC1(C)CC(c2ccccc2)N(C(C)(C)C)C1=O. The van der Waals surface area contributed by atoms with Crippen molar-refractivity contribution in [3.63, 3.8) is 0 Å². The van der Waals surface area contributed by atoms with E-state index in [9.17, 15) is 4.79 Å². The van der Waals surface area contributed by atoms with Gasteiger partial charge in [0.2, 0.25) is 5.91 Å². The number of carbonyl (C=O) groups is 1. The summed E-state index contributed by atoms with van der Waals surface area (Å²) in [7, 11) is 0. The van der Waals surface area contributed by atoms with E-state index in [0.717, 1.165) is 6.42 Å². The summed E-state index contributed by atoms with van der Waals surface area (Å²) in [5, 5.41) is 0. The summed E-state index contributed by atoms with van der Waals surface area (Å²) < 4.78 is 0. The third kappa shape index (κ3) is 2.16. The van der Waals surface area contributed by atoms with Crippen LogP contribution in [-0.2, 0) is 4.79 Å². The van der Waals surface area contributed by atoms with Crippen LogP contribution in [-0.4, -0.2) is 16.3 Å². The molecule has 1 fully saturated rings. The van der Waals surface area contributed by atoms with E-state index < -0.39 is 0 Å². The van der Waals surface area contributed by atoms with E-state index in [1.54, 1.807) is 0 Å². The maximum Gasteiger partial charge on any atom is 0.229 e. The molecule has 1 aliphatic heterocycles. The van der Waals surface area contributed by atoms with Crippen LogP contribution in [0.25, 0.3) is 0 Å². The quantitative estimate of drug-likeness (QED) is 0.737. The molecule has 2 nitrogen and oxygen atoms in total. The van der Waals surface area contributed by atoms with Gasteiger partial charge in [-0.2, -0.15) is 0 Å². The monoisotopic (exact) mass is 245 g/mol. The lowest BCUT2D eigenvalue weighted by molar-refractivity contribution is -0.140. The molecule has 1 aliphatic rings. The highest BCUT2D eigenvalue weighted by molar-refractivity contribution is 5.85. The van der Waals surface area contributed by atoms with Crippen molar-refractivity contribution in [2.45, 2.75) is 52.6 Å². The Morgan fingerprint density at radius 2 is 1.72 bits per heavy atom. The summed E-state index contributed by atoms with van der Waals surface area (Å²) in [6.07, 6.45) is 0.896. The zero-order valence-electron chi connectivity index (χ0n) is 12.0. The lowest BCUT2D eigenvalue weighted by Gasteiger charge is -2.37. The summed E-state index contributed by atoms with van der Waals surface area (Å²) in [5.74, 6) is 0.267. The molecule has 98 valence electrons. The van der Waals surface area contributed by atoms with Crippen molar-refractivity contribution in [1.82, 2.24) is 4.90 Å². The van der Waals surface area contributed by atoms with Crippen LogP contribution in [0.5, 0.6) is 0 Å². The van der Waals surface area contributed by atoms with E-state index in [-0.39, 0.29) is 22.9 Å². The van der Waals surface area contributed by atoms with Gasteiger partial charge in [-0.25, -0.2) is 0 Å². The maximum absolute atomic E-state index is 12.6. The molecule has 1 aromatic carbocycles. The first-order valence-corrected chi connectivity index (χ1v) is 6.62. The van der Waals surface area contributed by atoms with Crippen LogP contribution in [0.3, 0.4) is 0 Å². The Morgan fingerprint density at radius 3 is 2.22 bits per heavy atom. The standard InChI is InChI=1S/C16H23NO/c1-15(2,3)17-13(11-16(4,5)14(17)18)12-9-7-6-8-10-12/h6-10,13H,11H2,1-5H3. The van der Waals surface area contributed by atoms with E-state index in [1.807, 2.05) is 18.2 Å². The third-order valence-electron chi connectivity index (χ3n) is 3.72. The lowest BCUT2D eigenvalue weighted by atomic mass is 9.88. The highest BCUT2D eigenvalue weighted by atomic mass is 16.2. The maximum atomic E-state index is 12.6. The van der Waals surface area contributed by atoms with Crippen molar-refractivity contribution in [1.29, 1.82) is 0 Å². The van der Waals surface area contributed by atoms with E-state index in [1.165, 1.54) is 5.56 Å². The van der Waals surface area contributed by atoms with Gasteiger partial charge in [0.25, 0.3) is 0 Å². The van der Waals surface area contributed by atoms with Gasteiger partial charge < -0.3 is 4.90 Å². The number of nitrogens with zero attached hydrogens (tertiary/aromatic N) is 1. The molecular weight excluding hydrogens is 222 g/mol. The summed E-state index contributed by atoms with van der Waals surface area (Å²) in [5.41, 5.74) is 0.852. The minimum absolute atomic E-state index is 0.134. The van der Waals surface area contributed by atoms with Gasteiger partial charge in [0.1, 0.15) is 0 Å². The van der Waals surface area contributed by atoms with Crippen LogP contribution in [0.2, 0.25) is 0 Å². The van der Waals surface area contributed by atoms with Crippen molar-refractivity contribution < 1.29 is 4.79 Å². The molecule has 0 N–H and O–H groups in total. The largest absolute Gasteiger partial charge is 0.330 e. The third-order valence-corrected chi connectivity index (χ3v) is 3.72. The molecule has 1 saturated heterocycles. The molecule has 0 aliphatic carbocycles. The molecule has 1 atom stereocenters. The molecular formula is C16H23NO. The first kappa shape index (κ1) is 13.1. The zero-order chi connectivity index (χ0) is 13.6. The predicted molar refractivity (Wildman–Crippen MR) is 74.2 cm³/mol.